The molecule has 8 nitrogen and oxygen atoms in total. The van der Waals surface area contributed by atoms with E-state index in [1.165, 1.54) is 16.8 Å². The number of nitrogen functional groups attached to an aromatic ring is 1. The van der Waals surface area contributed by atoms with Crippen molar-refractivity contribution in [1.82, 2.24) is 25.0 Å². The lowest BCUT2D eigenvalue weighted by atomic mass is 10.4. The van der Waals surface area contributed by atoms with Gasteiger partial charge in [0.05, 0.1) is 6.54 Å². The van der Waals surface area contributed by atoms with Crippen LogP contribution in [0.3, 0.4) is 0 Å². The van der Waals surface area contributed by atoms with Crippen LogP contribution in [0.25, 0.3) is 0 Å². The fraction of sp³-hybridized carbons (Fsp3) is 0.500. The second-order valence-electron chi connectivity index (χ2n) is 3.49. The van der Waals surface area contributed by atoms with Gasteiger partial charge in [-0.05, 0) is 0 Å². The van der Waals surface area contributed by atoms with E-state index in [0.717, 1.165) is 0 Å². The first-order chi connectivity index (χ1) is 7.41. The van der Waals surface area contributed by atoms with E-state index in [-0.39, 0.29) is 24.2 Å². The van der Waals surface area contributed by atoms with Crippen molar-refractivity contribution in [2.75, 3.05) is 33.4 Å². The molecule has 3 N–H and O–H groups in total. The number of hydrogen-bond donors (Lipinski definition) is 2. The van der Waals surface area contributed by atoms with E-state index in [2.05, 4.69) is 15.2 Å². The Balaban J connectivity index is 2.65. The highest BCUT2D eigenvalue weighted by atomic mass is 16.2. The number of aromatic nitrogens is 3. The predicted octanol–water partition coefficient (Wildman–Crippen LogP) is -1.45. The maximum atomic E-state index is 11.7. The number of aromatic amines is 1. The Morgan fingerprint density at radius 3 is 2.44 bits per heavy atom. The van der Waals surface area contributed by atoms with E-state index < -0.39 is 5.91 Å². The minimum Gasteiger partial charge on any atom is -0.366 e. The van der Waals surface area contributed by atoms with E-state index in [4.69, 9.17) is 5.73 Å². The Labute approximate surface area is 92.4 Å². The average Bonchev–Trinajstić information content (AvgIpc) is 2.63. The van der Waals surface area contributed by atoms with Crippen LogP contribution >= 0.6 is 0 Å². The average molecular weight is 226 g/mol. The fourth-order valence-corrected chi connectivity index (χ4v) is 0.967. The van der Waals surface area contributed by atoms with E-state index in [9.17, 15) is 9.59 Å². The van der Waals surface area contributed by atoms with Gasteiger partial charge < -0.3 is 15.5 Å². The largest absolute Gasteiger partial charge is 0.366 e. The summed E-state index contributed by atoms with van der Waals surface area (Å²) >= 11 is 0. The van der Waals surface area contributed by atoms with Gasteiger partial charge in [-0.15, -0.1) is 5.10 Å². The van der Waals surface area contributed by atoms with Crippen molar-refractivity contribution in [1.29, 1.82) is 0 Å². The summed E-state index contributed by atoms with van der Waals surface area (Å²) in [6.07, 6.45) is 0. The van der Waals surface area contributed by atoms with Crippen LogP contribution in [0, 0.1) is 0 Å². The zero-order valence-electron chi connectivity index (χ0n) is 9.39. The number of H-pyrrole nitrogens is 1. The van der Waals surface area contributed by atoms with Crippen molar-refractivity contribution in [3.05, 3.63) is 5.82 Å². The Morgan fingerprint density at radius 1 is 1.38 bits per heavy atom. The van der Waals surface area contributed by atoms with Gasteiger partial charge in [-0.1, -0.05) is 0 Å². The topological polar surface area (TPSA) is 108 Å². The number of hydrogen-bond acceptors (Lipinski definition) is 5. The molecule has 0 bridgehead atoms. The van der Waals surface area contributed by atoms with Gasteiger partial charge >= 0.3 is 0 Å². The molecule has 0 atom stereocenters. The van der Waals surface area contributed by atoms with Crippen molar-refractivity contribution in [2.24, 2.45) is 0 Å². The van der Waals surface area contributed by atoms with Crippen molar-refractivity contribution in [2.45, 2.75) is 0 Å². The van der Waals surface area contributed by atoms with Crippen molar-refractivity contribution < 1.29 is 9.59 Å². The number of carbonyl (C=O) groups is 2. The number of amides is 2. The molecule has 16 heavy (non-hydrogen) atoms. The van der Waals surface area contributed by atoms with Gasteiger partial charge in [0.25, 0.3) is 5.91 Å². The highest BCUT2D eigenvalue weighted by Gasteiger charge is 2.18. The van der Waals surface area contributed by atoms with Crippen LogP contribution in [0.5, 0.6) is 0 Å². The highest BCUT2D eigenvalue weighted by molar-refractivity contribution is 5.93. The summed E-state index contributed by atoms with van der Waals surface area (Å²) in [7, 11) is 4.74. The molecule has 0 aliphatic rings. The number of rotatable bonds is 3. The van der Waals surface area contributed by atoms with Gasteiger partial charge in [-0.3, -0.25) is 14.7 Å². The summed E-state index contributed by atoms with van der Waals surface area (Å²) in [6, 6.07) is 0. The first kappa shape index (κ1) is 12.0. The summed E-state index contributed by atoms with van der Waals surface area (Å²) in [5, 5.41) is 5.92. The molecule has 1 heterocycles. The molecule has 1 rings (SSSR count). The number of anilines is 1. The summed E-state index contributed by atoms with van der Waals surface area (Å²) < 4.78 is 0. The molecule has 0 spiro atoms. The molecule has 0 unspecified atom stereocenters. The van der Waals surface area contributed by atoms with Crippen LogP contribution in [-0.4, -0.2) is 64.5 Å². The molecule has 1 aromatic rings. The van der Waals surface area contributed by atoms with Gasteiger partial charge in [0.2, 0.25) is 17.7 Å². The van der Waals surface area contributed by atoms with E-state index >= 15 is 0 Å². The van der Waals surface area contributed by atoms with Crippen LogP contribution in [0.4, 0.5) is 5.95 Å². The molecule has 0 aliphatic carbocycles. The second-order valence-corrected chi connectivity index (χ2v) is 3.49. The third kappa shape index (κ3) is 2.69. The lowest BCUT2D eigenvalue weighted by Gasteiger charge is -2.17. The zero-order chi connectivity index (χ0) is 12.3. The van der Waals surface area contributed by atoms with E-state index in [0.29, 0.717) is 0 Å². The number of likely N-dealkylation sites (N-methyl/N-ethyl adjacent to an activating group) is 2. The minimum atomic E-state index is -0.431. The molecule has 0 saturated carbocycles. The molecule has 2 amide bonds. The second kappa shape index (κ2) is 4.60. The van der Waals surface area contributed by atoms with E-state index in [1.807, 2.05) is 0 Å². The predicted molar refractivity (Wildman–Crippen MR) is 56.4 cm³/mol. The van der Waals surface area contributed by atoms with Gasteiger partial charge in [-0.25, -0.2) is 0 Å². The first-order valence-corrected chi connectivity index (χ1v) is 4.55. The molecule has 1 aromatic heterocycles. The normalized spacial score (nSPS) is 9.94. The molecule has 0 fully saturated rings. The molecule has 8 heteroatoms. The van der Waals surface area contributed by atoms with Gasteiger partial charge in [0, 0.05) is 21.1 Å². The van der Waals surface area contributed by atoms with Crippen LogP contribution in [-0.2, 0) is 4.79 Å². The van der Waals surface area contributed by atoms with Gasteiger partial charge in [-0.2, -0.15) is 4.98 Å². The molecule has 0 saturated heterocycles. The Bertz CT molecular complexity index is 399. The third-order valence-electron chi connectivity index (χ3n) is 1.92. The minimum absolute atomic E-state index is 0.00399. The quantitative estimate of drug-likeness (QED) is 0.655. The summed E-state index contributed by atoms with van der Waals surface area (Å²) in [6.45, 7) is -0.0214. The monoisotopic (exact) mass is 226 g/mol. The fourth-order valence-electron chi connectivity index (χ4n) is 0.967. The molecule has 0 radical (unpaired) electrons. The van der Waals surface area contributed by atoms with Crippen LogP contribution < -0.4 is 5.73 Å². The van der Waals surface area contributed by atoms with Gasteiger partial charge in [0.1, 0.15) is 0 Å². The maximum Gasteiger partial charge on any atom is 0.291 e. The number of nitrogens with one attached hydrogen (secondary N) is 1. The van der Waals surface area contributed by atoms with Crippen LogP contribution in [0.1, 0.15) is 10.6 Å². The summed E-state index contributed by atoms with van der Waals surface area (Å²) in [5.41, 5.74) is 5.27. The van der Waals surface area contributed by atoms with Crippen molar-refractivity contribution >= 4 is 17.8 Å². The lowest BCUT2D eigenvalue weighted by molar-refractivity contribution is -0.129. The zero-order valence-corrected chi connectivity index (χ0v) is 9.39. The smallest absolute Gasteiger partial charge is 0.291 e. The number of carbonyl (C=O) groups excluding carboxylic acids is 2. The Kier molecular flexibility index (Phi) is 3.44. The third-order valence-corrected chi connectivity index (χ3v) is 1.92. The summed E-state index contributed by atoms with van der Waals surface area (Å²) in [5.74, 6) is -0.593. The Hall–Kier alpha value is -2.12. The standard InChI is InChI=1S/C8H14N6O2/c1-13(2)5(15)4-14(3)7(16)6-10-8(9)12-11-6/h4H2,1-3H3,(H3,9,10,11,12). The van der Waals surface area contributed by atoms with Crippen molar-refractivity contribution in [3.8, 4) is 0 Å². The maximum absolute atomic E-state index is 11.7. The molecule has 0 aliphatic heterocycles. The van der Waals surface area contributed by atoms with Crippen LogP contribution in [0.2, 0.25) is 0 Å². The lowest BCUT2D eigenvalue weighted by Crippen LogP contribution is -2.38. The molecule has 0 aromatic carbocycles. The van der Waals surface area contributed by atoms with Crippen LogP contribution in [0.15, 0.2) is 0 Å². The molecular formula is C8H14N6O2. The molecular weight excluding hydrogens is 212 g/mol. The van der Waals surface area contributed by atoms with Crippen molar-refractivity contribution in [3.63, 3.8) is 0 Å². The number of nitrogens with two attached hydrogens (primary N) is 1. The van der Waals surface area contributed by atoms with E-state index in [1.54, 1.807) is 14.1 Å². The Morgan fingerprint density at radius 2 is 2.00 bits per heavy atom. The molecule has 88 valence electrons. The first-order valence-electron chi connectivity index (χ1n) is 4.55. The SMILES string of the molecule is CN(C)C(=O)CN(C)C(=O)c1nc(N)n[nH]1. The van der Waals surface area contributed by atoms with Gasteiger partial charge in [0.15, 0.2) is 0 Å². The number of nitrogens with zero attached hydrogens (tertiary/aromatic N) is 4. The summed E-state index contributed by atoms with van der Waals surface area (Å²) in [4.78, 5) is 29.4. The highest BCUT2D eigenvalue weighted by Crippen LogP contribution is 1.98.